The van der Waals surface area contributed by atoms with Crippen LogP contribution in [0.5, 0.6) is 0 Å². The molecule has 0 radical (unpaired) electrons. The predicted octanol–water partition coefficient (Wildman–Crippen LogP) is 5.57. The van der Waals surface area contributed by atoms with Gasteiger partial charge in [0.2, 0.25) is 0 Å². The highest BCUT2D eigenvalue weighted by molar-refractivity contribution is 5.44. The monoisotopic (exact) mass is 327 g/mol. The van der Waals surface area contributed by atoms with Crippen LogP contribution in [0, 0.1) is 0 Å². The van der Waals surface area contributed by atoms with Gasteiger partial charge in [-0.3, -0.25) is 4.90 Å². The van der Waals surface area contributed by atoms with Gasteiger partial charge >= 0.3 is 0 Å². The van der Waals surface area contributed by atoms with E-state index >= 15 is 0 Å². The average Bonchev–Trinajstić information content (AvgIpc) is 2.63. The molecule has 1 aliphatic rings. The molecule has 0 saturated heterocycles. The molecule has 1 atom stereocenters. The van der Waals surface area contributed by atoms with Crippen molar-refractivity contribution in [2.24, 2.45) is 0 Å². The van der Waals surface area contributed by atoms with E-state index in [2.05, 4.69) is 104 Å². The minimum atomic E-state index is 0.149. The predicted molar refractivity (Wildman–Crippen MR) is 105 cm³/mol. The van der Waals surface area contributed by atoms with Gasteiger partial charge in [-0.1, -0.05) is 98.8 Å². The summed E-state index contributed by atoms with van der Waals surface area (Å²) >= 11 is 0. The lowest BCUT2D eigenvalue weighted by atomic mass is 9.74. The van der Waals surface area contributed by atoms with Crippen molar-refractivity contribution >= 4 is 0 Å². The summed E-state index contributed by atoms with van der Waals surface area (Å²) in [4.78, 5) is 2.63. The number of nitrogens with zero attached hydrogens (tertiary/aromatic N) is 1. The van der Waals surface area contributed by atoms with Crippen molar-refractivity contribution in [2.45, 2.75) is 31.8 Å². The Morgan fingerprint density at radius 2 is 1.40 bits per heavy atom. The lowest BCUT2D eigenvalue weighted by Gasteiger charge is -2.45. The number of fused-ring (bicyclic) bond motifs is 1. The van der Waals surface area contributed by atoms with E-state index in [1.54, 1.807) is 0 Å². The van der Waals surface area contributed by atoms with Crippen molar-refractivity contribution in [3.63, 3.8) is 0 Å². The molecule has 0 fully saturated rings. The molecule has 0 aromatic heterocycles. The standard InChI is InChI=1S/C24H25N/c1-24(2)18-25(17-19-11-5-3-6-12-19)23(20-13-7-4-8-14-20)21-15-9-10-16-22(21)24/h3-16,23H,17-18H2,1-2H3/t23-/m1/s1. The molecule has 1 nitrogen and oxygen atoms in total. The fraction of sp³-hybridized carbons (Fsp3) is 0.250. The Labute approximate surface area is 150 Å². The average molecular weight is 327 g/mol. The Hall–Kier alpha value is -2.38. The van der Waals surface area contributed by atoms with Gasteiger partial charge in [0.15, 0.2) is 0 Å². The molecule has 0 unspecified atom stereocenters. The van der Waals surface area contributed by atoms with E-state index in [0.29, 0.717) is 6.04 Å². The van der Waals surface area contributed by atoms with Crippen molar-refractivity contribution in [1.29, 1.82) is 0 Å². The minimum absolute atomic E-state index is 0.149. The highest BCUT2D eigenvalue weighted by atomic mass is 15.2. The number of hydrogen-bond donors (Lipinski definition) is 0. The summed E-state index contributed by atoms with van der Waals surface area (Å²) in [5.74, 6) is 0. The largest absolute Gasteiger partial charge is 0.287 e. The minimum Gasteiger partial charge on any atom is -0.287 e. The lowest BCUT2D eigenvalue weighted by molar-refractivity contribution is 0.154. The molecule has 1 heterocycles. The molecule has 3 aromatic rings. The summed E-state index contributed by atoms with van der Waals surface area (Å²) in [7, 11) is 0. The summed E-state index contributed by atoms with van der Waals surface area (Å²) in [5, 5.41) is 0. The highest BCUT2D eigenvalue weighted by Crippen LogP contribution is 2.43. The first-order valence-electron chi connectivity index (χ1n) is 9.07. The van der Waals surface area contributed by atoms with Gasteiger partial charge in [-0.25, -0.2) is 0 Å². The van der Waals surface area contributed by atoms with Crippen LogP contribution >= 0.6 is 0 Å². The highest BCUT2D eigenvalue weighted by Gasteiger charge is 2.37. The number of benzene rings is 3. The molecule has 0 bridgehead atoms. The summed E-state index contributed by atoms with van der Waals surface area (Å²) < 4.78 is 0. The Balaban J connectivity index is 1.82. The van der Waals surface area contributed by atoms with Gasteiger partial charge in [0.1, 0.15) is 0 Å². The molecule has 1 aliphatic heterocycles. The molecule has 0 N–H and O–H groups in total. The van der Waals surface area contributed by atoms with Crippen molar-refractivity contribution in [2.75, 3.05) is 6.54 Å². The molecule has 3 aromatic carbocycles. The smallest absolute Gasteiger partial charge is 0.0607 e. The van der Waals surface area contributed by atoms with Crippen molar-refractivity contribution < 1.29 is 0 Å². The zero-order valence-electron chi connectivity index (χ0n) is 15.0. The van der Waals surface area contributed by atoms with Gasteiger partial charge in [0, 0.05) is 18.5 Å². The topological polar surface area (TPSA) is 3.24 Å². The molecule has 0 saturated carbocycles. The van der Waals surface area contributed by atoms with Gasteiger partial charge in [-0.2, -0.15) is 0 Å². The van der Waals surface area contributed by atoms with Crippen LogP contribution in [-0.2, 0) is 12.0 Å². The third-order valence-corrected chi connectivity index (χ3v) is 5.29. The van der Waals surface area contributed by atoms with Crippen molar-refractivity contribution in [3.05, 3.63) is 107 Å². The van der Waals surface area contributed by atoms with E-state index in [-0.39, 0.29) is 5.41 Å². The third kappa shape index (κ3) is 3.12. The normalized spacial score (nSPS) is 19.4. The van der Waals surface area contributed by atoms with Gasteiger partial charge in [0.05, 0.1) is 6.04 Å². The fourth-order valence-corrected chi connectivity index (χ4v) is 4.22. The van der Waals surface area contributed by atoms with E-state index < -0.39 is 0 Å². The van der Waals surface area contributed by atoms with Crippen LogP contribution in [0.1, 0.15) is 42.1 Å². The van der Waals surface area contributed by atoms with Crippen molar-refractivity contribution in [3.8, 4) is 0 Å². The Morgan fingerprint density at radius 1 is 0.800 bits per heavy atom. The fourth-order valence-electron chi connectivity index (χ4n) is 4.22. The maximum Gasteiger partial charge on any atom is 0.0607 e. The van der Waals surface area contributed by atoms with Crippen LogP contribution in [0.25, 0.3) is 0 Å². The molecule has 126 valence electrons. The van der Waals surface area contributed by atoms with E-state index in [0.717, 1.165) is 13.1 Å². The van der Waals surface area contributed by atoms with Crippen LogP contribution in [0.15, 0.2) is 84.9 Å². The summed E-state index contributed by atoms with van der Waals surface area (Å²) in [5.41, 5.74) is 5.82. The van der Waals surface area contributed by atoms with Crippen LogP contribution in [0.2, 0.25) is 0 Å². The molecule has 0 amide bonds. The van der Waals surface area contributed by atoms with Gasteiger partial charge in [-0.05, 0) is 22.3 Å². The summed E-state index contributed by atoms with van der Waals surface area (Å²) in [6.07, 6.45) is 0. The summed E-state index contributed by atoms with van der Waals surface area (Å²) in [6, 6.07) is 31.0. The van der Waals surface area contributed by atoms with E-state index in [4.69, 9.17) is 0 Å². The Morgan fingerprint density at radius 3 is 2.12 bits per heavy atom. The van der Waals surface area contributed by atoms with Crippen LogP contribution in [0.4, 0.5) is 0 Å². The lowest BCUT2D eigenvalue weighted by Crippen LogP contribution is -2.45. The Bertz CT molecular complexity index is 836. The maximum absolute atomic E-state index is 2.63. The molecule has 4 rings (SSSR count). The molecule has 1 heteroatoms. The second-order valence-electron chi connectivity index (χ2n) is 7.67. The van der Waals surface area contributed by atoms with Crippen LogP contribution in [0.3, 0.4) is 0 Å². The first-order chi connectivity index (χ1) is 12.1. The second kappa shape index (κ2) is 6.50. The molecule has 0 aliphatic carbocycles. The zero-order valence-corrected chi connectivity index (χ0v) is 15.0. The van der Waals surface area contributed by atoms with E-state index in [1.165, 1.54) is 22.3 Å². The molecular formula is C24H25N. The second-order valence-corrected chi connectivity index (χ2v) is 7.67. The summed E-state index contributed by atoms with van der Waals surface area (Å²) in [6.45, 7) is 6.76. The molecule has 0 spiro atoms. The molecular weight excluding hydrogens is 302 g/mol. The first-order valence-corrected chi connectivity index (χ1v) is 9.07. The van der Waals surface area contributed by atoms with Gasteiger partial charge < -0.3 is 0 Å². The third-order valence-electron chi connectivity index (χ3n) is 5.29. The SMILES string of the molecule is CC1(C)CN(Cc2ccccc2)[C@H](c2ccccc2)c2ccccc21. The van der Waals surface area contributed by atoms with Crippen LogP contribution < -0.4 is 0 Å². The van der Waals surface area contributed by atoms with E-state index in [9.17, 15) is 0 Å². The first kappa shape index (κ1) is 16.1. The number of rotatable bonds is 3. The molecule has 25 heavy (non-hydrogen) atoms. The van der Waals surface area contributed by atoms with Gasteiger partial charge in [-0.15, -0.1) is 0 Å². The maximum atomic E-state index is 2.63. The quantitative estimate of drug-likeness (QED) is 0.608. The van der Waals surface area contributed by atoms with Gasteiger partial charge in [0.25, 0.3) is 0 Å². The van der Waals surface area contributed by atoms with E-state index in [1.807, 2.05) is 0 Å². The zero-order chi connectivity index (χ0) is 17.3. The van der Waals surface area contributed by atoms with Crippen molar-refractivity contribution in [1.82, 2.24) is 4.90 Å². The van der Waals surface area contributed by atoms with Crippen LogP contribution in [-0.4, -0.2) is 11.4 Å². The Kier molecular flexibility index (Phi) is 4.19. The number of hydrogen-bond acceptors (Lipinski definition) is 1.